The van der Waals surface area contributed by atoms with Gasteiger partial charge in [-0.05, 0) is 35.4 Å². The maximum atomic E-state index is 12.3. The molecule has 106 valence electrons. The van der Waals surface area contributed by atoms with Gasteiger partial charge in [-0.15, -0.1) is 0 Å². The molecule has 0 aliphatic carbocycles. The minimum absolute atomic E-state index is 0.0368. The van der Waals surface area contributed by atoms with Crippen LogP contribution in [-0.2, 0) is 7.05 Å². The Morgan fingerprint density at radius 2 is 1.77 bits per heavy atom. The first-order valence-corrected chi connectivity index (χ1v) is 7.03. The summed E-state index contributed by atoms with van der Waals surface area (Å²) in [4.78, 5) is 21.0. The lowest BCUT2D eigenvalue weighted by Crippen LogP contribution is -2.16. The molecule has 4 aromatic rings. The van der Waals surface area contributed by atoms with Crippen LogP contribution in [-0.4, -0.2) is 14.5 Å². The maximum absolute atomic E-state index is 12.3. The second kappa shape index (κ2) is 4.77. The summed E-state index contributed by atoms with van der Waals surface area (Å²) in [6.45, 7) is 0. The van der Waals surface area contributed by atoms with E-state index < -0.39 is 0 Å². The Morgan fingerprint density at radius 1 is 0.909 bits per heavy atom. The van der Waals surface area contributed by atoms with E-state index in [2.05, 4.69) is 9.97 Å². The third-order valence-corrected chi connectivity index (χ3v) is 3.87. The van der Waals surface area contributed by atoms with Gasteiger partial charge in [0.15, 0.2) is 0 Å². The fourth-order valence-corrected chi connectivity index (χ4v) is 2.73. The van der Waals surface area contributed by atoms with Gasteiger partial charge < -0.3 is 4.57 Å². The summed E-state index contributed by atoms with van der Waals surface area (Å²) in [6.07, 6.45) is 3.33. The maximum Gasteiger partial charge on any atom is 0.260 e. The van der Waals surface area contributed by atoms with Crippen molar-refractivity contribution in [2.45, 2.75) is 0 Å². The molecule has 4 nitrogen and oxygen atoms in total. The van der Waals surface area contributed by atoms with E-state index in [4.69, 9.17) is 0 Å². The molecule has 0 spiro atoms. The number of hydrogen-bond acceptors (Lipinski definition) is 3. The first-order valence-electron chi connectivity index (χ1n) is 7.03. The van der Waals surface area contributed by atoms with Gasteiger partial charge in [-0.3, -0.25) is 9.78 Å². The first kappa shape index (κ1) is 12.7. The first-order chi connectivity index (χ1) is 10.7. The lowest BCUT2D eigenvalue weighted by molar-refractivity contribution is 0.843. The molecule has 22 heavy (non-hydrogen) atoms. The van der Waals surface area contributed by atoms with Crippen molar-refractivity contribution in [3.05, 3.63) is 71.4 Å². The van der Waals surface area contributed by atoms with Gasteiger partial charge in [-0.25, -0.2) is 4.98 Å². The lowest BCUT2D eigenvalue weighted by atomic mass is 9.99. The van der Waals surface area contributed by atoms with Crippen LogP contribution >= 0.6 is 0 Å². The zero-order valence-electron chi connectivity index (χ0n) is 12.0. The van der Waals surface area contributed by atoms with Crippen LogP contribution in [0.1, 0.15) is 0 Å². The predicted molar refractivity (Wildman–Crippen MR) is 87.7 cm³/mol. The van der Waals surface area contributed by atoms with Gasteiger partial charge >= 0.3 is 0 Å². The van der Waals surface area contributed by atoms with Crippen molar-refractivity contribution in [3.63, 3.8) is 0 Å². The highest BCUT2D eigenvalue weighted by molar-refractivity contribution is 5.96. The van der Waals surface area contributed by atoms with Crippen LogP contribution in [0.3, 0.4) is 0 Å². The Hall–Kier alpha value is -3.01. The quantitative estimate of drug-likeness (QED) is 0.540. The highest BCUT2D eigenvalue weighted by Gasteiger charge is 2.07. The topological polar surface area (TPSA) is 47.8 Å². The van der Waals surface area contributed by atoms with Crippen molar-refractivity contribution in [1.29, 1.82) is 0 Å². The largest absolute Gasteiger partial charge is 0.302 e. The monoisotopic (exact) mass is 287 g/mol. The number of pyridine rings is 1. The molecule has 0 amide bonds. The fourth-order valence-electron chi connectivity index (χ4n) is 2.73. The molecule has 0 bridgehead atoms. The summed E-state index contributed by atoms with van der Waals surface area (Å²) in [5.74, 6) is 0. The van der Waals surface area contributed by atoms with Gasteiger partial charge in [-0.2, -0.15) is 0 Å². The molecule has 0 saturated carbocycles. The number of hydrogen-bond donors (Lipinski definition) is 0. The molecule has 0 radical (unpaired) electrons. The molecular formula is C18H13N3O. The van der Waals surface area contributed by atoms with Crippen molar-refractivity contribution in [2.24, 2.45) is 7.05 Å². The summed E-state index contributed by atoms with van der Waals surface area (Å²) in [7, 11) is 1.71. The summed E-state index contributed by atoms with van der Waals surface area (Å²) in [5, 5.41) is 1.70. The summed E-state index contributed by atoms with van der Waals surface area (Å²) < 4.78 is 1.50. The minimum Gasteiger partial charge on any atom is -0.302 e. The molecular weight excluding hydrogens is 274 g/mol. The van der Waals surface area contributed by atoms with Crippen LogP contribution in [0.4, 0.5) is 0 Å². The van der Waals surface area contributed by atoms with Gasteiger partial charge in [0.1, 0.15) is 0 Å². The van der Waals surface area contributed by atoms with E-state index in [9.17, 15) is 4.79 Å². The SMILES string of the molecule is Cn1cnc2ccc(-c3cccc4ncccc34)cc2c1=O. The standard InChI is InChI=1S/C18H13N3O/c1-21-11-20-17-8-7-12(10-15(17)18(21)22)13-4-2-6-16-14(13)5-3-9-19-16/h2-11H,1H3. The van der Waals surface area contributed by atoms with Gasteiger partial charge in [0, 0.05) is 18.6 Å². The number of rotatable bonds is 1. The van der Waals surface area contributed by atoms with Crippen LogP contribution in [0.5, 0.6) is 0 Å². The number of fused-ring (bicyclic) bond motifs is 2. The lowest BCUT2D eigenvalue weighted by Gasteiger charge is -2.07. The number of benzene rings is 2. The summed E-state index contributed by atoms with van der Waals surface area (Å²) in [6, 6.07) is 15.8. The molecule has 0 saturated heterocycles. The molecule has 4 rings (SSSR count). The van der Waals surface area contributed by atoms with Gasteiger partial charge in [-0.1, -0.05) is 24.3 Å². The summed E-state index contributed by atoms with van der Waals surface area (Å²) in [5.41, 5.74) is 3.68. The zero-order valence-corrected chi connectivity index (χ0v) is 12.0. The molecule has 0 unspecified atom stereocenters. The number of aromatic nitrogens is 3. The van der Waals surface area contributed by atoms with Crippen molar-refractivity contribution >= 4 is 21.8 Å². The average Bonchev–Trinajstić information content (AvgIpc) is 2.57. The normalized spacial score (nSPS) is 11.1. The van der Waals surface area contributed by atoms with E-state index in [1.807, 2.05) is 48.5 Å². The van der Waals surface area contributed by atoms with E-state index in [0.717, 1.165) is 22.0 Å². The van der Waals surface area contributed by atoms with Crippen molar-refractivity contribution in [3.8, 4) is 11.1 Å². The van der Waals surface area contributed by atoms with Crippen molar-refractivity contribution in [2.75, 3.05) is 0 Å². The molecule has 4 heteroatoms. The molecule has 2 aromatic heterocycles. The Balaban J connectivity index is 2.05. The number of aryl methyl sites for hydroxylation is 1. The Kier molecular flexibility index (Phi) is 2.76. The highest BCUT2D eigenvalue weighted by Crippen LogP contribution is 2.28. The van der Waals surface area contributed by atoms with E-state index in [0.29, 0.717) is 10.9 Å². The Labute approximate surface area is 126 Å². The van der Waals surface area contributed by atoms with Crippen LogP contribution in [0.25, 0.3) is 32.9 Å². The van der Waals surface area contributed by atoms with Crippen molar-refractivity contribution < 1.29 is 0 Å². The molecule has 0 atom stereocenters. The van der Waals surface area contributed by atoms with E-state index in [1.54, 1.807) is 19.6 Å². The third-order valence-electron chi connectivity index (χ3n) is 3.87. The van der Waals surface area contributed by atoms with Crippen LogP contribution < -0.4 is 5.56 Å². The third kappa shape index (κ3) is 1.89. The minimum atomic E-state index is -0.0368. The fraction of sp³-hybridized carbons (Fsp3) is 0.0556. The Bertz CT molecular complexity index is 1060. The van der Waals surface area contributed by atoms with Gasteiger partial charge in [0.05, 0.1) is 22.7 Å². The van der Waals surface area contributed by atoms with Gasteiger partial charge in [0.2, 0.25) is 0 Å². The second-order valence-corrected chi connectivity index (χ2v) is 5.27. The van der Waals surface area contributed by atoms with Crippen molar-refractivity contribution in [1.82, 2.24) is 14.5 Å². The molecule has 2 heterocycles. The molecule has 0 aliphatic heterocycles. The molecule has 2 aromatic carbocycles. The second-order valence-electron chi connectivity index (χ2n) is 5.27. The summed E-state index contributed by atoms with van der Waals surface area (Å²) >= 11 is 0. The molecule has 0 N–H and O–H groups in total. The molecule has 0 aliphatic rings. The van der Waals surface area contributed by atoms with E-state index >= 15 is 0 Å². The zero-order chi connectivity index (χ0) is 15.1. The van der Waals surface area contributed by atoms with Crippen LogP contribution in [0.15, 0.2) is 65.8 Å². The van der Waals surface area contributed by atoms with E-state index in [-0.39, 0.29) is 5.56 Å². The predicted octanol–water partition coefficient (Wildman–Crippen LogP) is 3.15. The smallest absolute Gasteiger partial charge is 0.260 e. The average molecular weight is 287 g/mol. The van der Waals surface area contributed by atoms with E-state index in [1.165, 1.54) is 4.57 Å². The highest BCUT2D eigenvalue weighted by atomic mass is 16.1. The molecule has 0 fully saturated rings. The van der Waals surface area contributed by atoms with Gasteiger partial charge in [0.25, 0.3) is 5.56 Å². The van der Waals surface area contributed by atoms with Crippen LogP contribution in [0, 0.1) is 0 Å². The number of nitrogens with zero attached hydrogens (tertiary/aromatic N) is 3. The Morgan fingerprint density at radius 3 is 2.68 bits per heavy atom. The van der Waals surface area contributed by atoms with Crippen LogP contribution in [0.2, 0.25) is 0 Å².